The van der Waals surface area contributed by atoms with Crippen LogP contribution in [0.15, 0.2) is 23.8 Å². The number of carbonyl (C=O) groups excluding carboxylic acids is 1. The van der Waals surface area contributed by atoms with Gasteiger partial charge in [-0.15, -0.1) is 0 Å². The molecule has 1 aliphatic heterocycles. The molecule has 1 heterocycles. The van der Waals surface area contributed by atoms with Crippen LogP contribution in [0.5, 0.6) is 0 Å². The minimum absolute atomic E-state index is 0.0594. The lowest BCUT2D eigenvalue weighted by molar-refractivity contribution is 0.0408. The number of rotatable bonds is 9. The largest absolute Gasteiger partial charge is 0.443 e. The molecule has 1 amide bonds. The van der Waals surface area contributed by atoms with Crippen LogP contribution in [0.1, 0.15) is 41.0 Å². The van der Waals surface area contributed by atoms with Crippen molar-refractivity contribution < 1.29 is 19.0 Å². The number of ether oxygens (including phenoxy) is 3. The molecule has 5 nitrogen and oxygen atoms in total. The zero-order chi connectivity index (χ0) is 19.1. The molecule has 144 valence electrons. The molecule has 0 aromatic carbocycles. The second kappa shape index (κ2) is 9.97. The summed E-state index contributed by atoms with van der Waals surface area (Å²) in [6.07, 6.45) is 6.54. The van der Waals surface area contributed by atoms with Crippen molar-refractivity contribution in [2.75, 3.05) is 21.2 Å². The van der Waals surface area contributed by atoms with Crippen LogP contribution in [-0.2, 0) is 14.2 Å². The van der Waals surface area contributed by atoms with E-state index in [0.717, 1.165) is 6.42 Å². The maximum atomic E-state index is 12.1. The van der Waals surface area contributed by atoms with Crippen molar-refractivity contribution in [3.63, 3.8) is 0 Å². The first kappa shape index (κ1) is 21.7. The highest BCUT2D eigenvalue weighted by molar-refractivity contribution is 5.67. The first-order valence-electron chi connectivity index (χ1n) is 9.10. The highest BCUT2D eigenvalue weighted by Gasteiger charge is 2.52. The summed E-state index contributed by atoms with van der Waals surface area (Å²) < 4.78 is 17.2. The van der Waals surface area contributed by atoms with E-state index in [9.17, 15) is 4.79 Å². The molecule has 1 aliphatic rings. The number of nitrogens with zero attached hydrogens (tertiary/aromatic N) is 1. The molecular formula is C20H35NO4. The van der Waals surface area contributed by atoms with Crippen LogP contribution in [0.4, 0.5) is 4.79 Å². The summed E-state index contributed by atoms with van der Waals surface area (Å²) in [6, 6.07) is 0. The van der Waals surface area contributed by atoms with Crippen LogP contribution in [0.2, 0.25) is 0 Å². The molecule has 1 saturated heterocycles. The Kier molecular flexibility index (Phi) is 8.66. The second-order valence-electron chi connectivity index (χ2n) is 7.34. The van der Waals surface area contributed by atoms with E-state index in [-0.39, 0.29) is 42.3 Å². The first-order chi connectivity index (χ1) is 11.7. The smallest absolute Gasteiger partial charge is 0.409 e. The number of amides is 1. The molecule has 0 aliphatic carbocycles. The van der Waals surface area contributed by atoms with Gasteiger partial charge in [-0.05, 0) is 20.3 Å². The summed E-state index contributed by atoms with van der Waals surface area (Å²) in [7, 11) is 5.11. The lowest BCUT2D eigenvalue weighted by Crippen LogP contribution is -2.37. The van der Waals surface area contributed by atoms with Crippen LogP contribution >= 0.6 is 0 Å². The second-order valence-corrected chi connectivity index (χ2v) is 7.34. The SMILES string of the molecule is CCC(OC)C(C)C1OC1C(OC(=O)N(C)C)C(C)/C=C/C=C(C)C. The predicted octanol–water partition coefficient (Wildman–Crippen LogP) is 4.04. The van der Waals surface area contributed by atoms with Gasteiger partial charge >= 0.3 is 6.09 Å². The molecule has 0 bridgehead atoms. The highest BCUT2D eigenvalue weighted by atomic mass is 16.6. The maximum Gasteiger partial charge on any atom is 0.409 e. The van der Waals surface area contributed by atoms with Crippen LogP contribution in [0.25, 0.3) is 0 Å². The molecule has 0 aromatic rings. The maximum absolute atomic E-state index is 12.1. The van der Waals surface area contributed by atoms with Crippen molar-refractivity contribution in [1.82, 2.24) is 4.90 Å². The van der Waals surface area contributed by atoms with Gasteiger partial charge < -0.3 is 19.1 Å². The predicted molar refractivity (Wildman–Crippen MR) is 101 cm³/mol. The minimum atomic E-state index is -0.340. The lowest BCUT2D eigenvalue weighted by Gasteiger charge is -2.24. The summed E-state index contributed by atoms with van der Waals surface area (Å²) in [6.45, 7) is 10.4. The van der Waals surface area contributed by atoms with Crippen LogP contribution in [-0.4, -0.2) is 56.6 Å². The van der Waals surface area contributed by atoms with Crippen molar-refractivity contribution in [2.24, 2.45) is 11.8 Å². The third-order valence-electron chi connectivity index (χ3n) is 4.66. The fraction of sp³-hybridized carbons (Fsp3) is 0.750. The van der Waals surface area contributed by atoms with E-state index in [1.54, 1.807) is 21.2 Å². The molecule has 1 fully saturated rings. The van der Waals surface area contributed by atoms with E-state index >= 15 is 0 Å². The summed E-state index contributed by atoms with van der Waals surface area (Å²) in [5.41, 5.74) is 1.23. The zero-order valence-corrected chi connectivity index (χ0v) is 17.0. The average molecular weight is 354 g/mol. The molecule has 5 heteroatoms. The summed E-state index contributed by atoms with van der Waals surface area (Å²) in [4.78, 5) is 13.5. The van der Waals surface area contributed by atoms with Crippen LogP contribution < -0.4 is 0 Å². The van der Waals surface area contributed by atoms with Gasteiger partial charge in [0.2, 0.25) is 0 Å². The average Bonchev–Trinajstić information content (AvgIpc) is 3.32. The van der Waals surface area contributed by atoms with E-state index in [1.807, 2.05) is 12.2 Å². The van der Waals surface area contributed by atoms with Gasteiger partial charge in [0, 0.05) is 33.0 Å². The Morgan fingerprint density at radius 2 is 1.88 bits per heavy atom. The Hall–Kier alpha value is -1.33. The van der Waals surface area contributed by atoms with Crippen molar-refractivity contribution in [2.45, 2.75) is 65.5 Å². The normalized spacial score (nSPS) is 24.3. The number of hydrogen-bond donors (Lipinski definition) is 0. The van der Waals surface area contributed by atoms with E-state index in [4.69, 9.17) is 14.2 Å². The van der Waals surface area contributed by atoms with Crippen molar-refractivity contribution >= 4 is 6.09 Å². The molecular weight excluding hydrogens is 318 g/mol. The first-order valence-corrected chi connectivity index (χ1v) is 9.10. The number of allylic oxidation sites excluding steroid dienone is 3. The van der Waals surface area contributed by atoms with Crippen molar-refractivity contribution in [3.05, 3.63) is 23.8 Å². The molecule has 0 radical (unpaired) electrons. The standard InChI is InChI=1S/C20H35NO4/c1-9-16(23-8)15(5)18-19(24-18)17(25-20(22)21(6)7)14(4)12-10-11-13(2)3/h10-12,14-19H,9H2,1-8H3/b12-10+. The van der Waals surface area contributed by atoms with Gasteiger partial charge in [0.1, 0.15) is 12.2 Å². The topological polar surface area (TPSA) is 51.3 Å². The number of carbonyl (C=O) groups is 1. The van der Waals surface area contributed by atoms with Gasteiger partial charge in [-0.1, -0.05) is 44.6 Å². The fourth-order valence-electron chi connectivity index (χ4n) is 3.02. The highest BCUT2D eigenvalue weighted by Crippen LogP contribution is 2.39. The molecule has 0 aromatic heterocycles. The van der Waals surface area contributed by atoms with Gasteiger partial charge in [-0.3, -0.25) is 0 Å². The third kappa shape index (κ3) is 6.48. The number of epoxide rings is 1. The van der Waals surface area contributed by atoms with E-state index in [1.165, 1.54) is 10.5 Å². The Morgan fingerprint density at radius 3 is 2.36 bits per heavy atom. The Morgan fingerprint density at radius 1 is 1.24 bits per heavy atom. The van der Waals surface area contributed by atoms with Gasteiger partial charge in [0.15, 0.2) is 0 Å². The summed E-state index contributed by atoms with van der Waals surface area (Å²) in [5.74, 6) is 0.318. The Labute approximate surface area is 153 Å². The molecule has 6 unspecified atom stereocenters. The van der Waals surface area contributed by atoms with Gasteiger partial charge in [0.25, 0.3) is 0 Å². The van der Waals surface area contributed by atoms with Crippen molar-refractivity contribution in [1.29, 1.82) is 0 Å². The number of methoxy groups -OCH3 is 1. The summed E-state index contributed by atoms with van der Waals surface area (Å²) in [5, 5.41) is 0. The van der Waals surface area contributed by atoms with E-state index in [2.05, 4.69) is 40.7 Å². The van der Waals surface area contributed by atoms with E-state index in [0.29, 0.717) is 0 Å². The minimum Gasteiger partial charge on any atom is -0.443 e. The van der Waals surface area contributed by atoms with Crippen molar-refractivity contribution in [3.8, 4) is 0 Å². The molecule has 0 N–H and O–H groups in total. The third-order valence-corrected chi connectivity index (χ3v) is 4.66. The monoisotopic (exact) mass is 353 g/mol. The molecule has 25 heavy (non-hydrogen) atoms. The van der Waals surface area contributed by atoms with Crippen LogP contribution in [0.3, 0.4) is 0 Å². The van der Waals surface area contributed by atoms with Gasteiger partial charge in [0.05, 0.1) is 12.2 Å². The molecule has 0 saturated carbocycles. The Balaban J connectivity index is 2.84. The van der Waals surface area contributed by atoms with Gasteiger partial charge in [-0.2, -0.15) is 0 Å². The quantitative estimate of drug-likeness (QED) is 0.464. The fourth-order valence-corrected chi connectivity index (χ4v) is 3.02. The lowest BCUT2D eigenvalue weighted by atomic mass is 9.91. The molecule has 0 spiro atoms. The molecule has 1 rings (SSSR count). The zero-order valence-electron chi connectivity index (χ0n) is 17.0. The van der Waals surface area contributed by atoms with Crippen LogP contribution in [0, 0.1) is 11.8 Å². The summed E-state index contributed by atoms with van der Waals surface area (Å²) >= 11 is 0. The Bertz CT molecular complexity index is 478. The molecule has 6 atom stereocenters. The van der Waals surface area contributed by atoms with Gasteiger partial charge in [-0.25, -0.2) is 4.79 Å². The number of hydrogen-bond acceptors (Lipinski definition) is 4. The van der Waals surface area contributed by atoms with E-state index < -0.39 is 0 Å².